The first-order valence-electron chi connectivity index (χ1n) is 7.94. The minimum Gasteiger partial charge on any atom is -0.497 e. The Morgan fingerprint density at radius 3 is 2.52 bits per heavy atom. The summed E-state index contributed by atoms with van der Waals surface area (Å²) in [5.41, 5.74) is 0. The van der Waals surface area contributed by atoms with Gasteiger partial charge < -0.3 is 29.2 Å². The minimum atomic E-state index is -0.633. The molecule has 2 aromatic rings. The van der Waals surface area contributed by atoms with E-state index in [4.69, 9.17) is 13.9 Å². The maximum absolute atomic E-state index is 12.0. The van der Waals surface area contributed by atoms with Crippen molar-refractivity contribution in [1.82, 2.24) is 10.2 Å². The molecular formula is C18H24N2O5. The molecular weight excluding hydrogens is 324 g/mol. The topological polar surface area (TPSA) is 84.2 Å². The summed E-state index contributed by atoms with van der Waals surface area (Å²) in [6.07, 6.45) is -0.633. The molecule has 0 saturated carbocycles. The van der Waals surface area contributed by atoms with Crippen molar-refractivity contribution in [3.63, 3.8) is 0 Å². The van der Waals surface area contributed by atoms with Crippen molar-refractivity contribution in [2.75, 3.05) is 34.3 Å². The van der Waals surface area contributed by atoms with E-state index in [-0.39, 0.29) is 24.8 Å². The summed E-state index contributed by atoms with van der Waals surface area (Å²) < 4.78 is 16.2. The van der Waals surface area contributed by atoms with E-state index in [2.05, 4.69) is 5.32 Å². The number of furan rings is 1. The lowest BCUT2D eigenvalue weighted by atomic mass is 10.3. The van der Waals surface area contributed by atoms with Gasteiger partial charge in [-0.05, 0) is 50.5 Å². The number of carbonyl (C=O) groups excluding carboxylic acids is 1. The second-order valence-corrected chi connectivity index (χ2v) is 5.86. The number of methoxy groups -OCH3 is 1. The lowest BCUT2D eigenvalue weighted by molar-refractivity contribution is 0.0862. The van der Waals surface area contributed by atoms with E-state index in [1.807, 2.05) is 19.0 Å². The molecule has 0 aliphatic carbocycles. The molecule has 1 amide bonds. The monoisotopic (exact) mass is 348 g/mol. The number of aliphatic hydroxyl groups excluding tert-OH is 1. The van der Waals surface area contributed by atoms with Crippen LogP contribution in [0.5, 0.6) is 11.5 Å². The van der Waals surface area contributed by atoms with Gasteiger partial charge in [-0.1, -0.05) is 0 Å². The summed E-state index contributed by atoms with van der Waals surface area (Å²) >= 11 is 0. The Morgan fingerprint density at radius 2 is 1.88 bits per heavy atom. The van der Waals surface area contributed by atoms with Crippen LogP contribution in [0.2, 0.25) is 0 Å². The van der Waals surface area contributed by atoms with Gasteiger partial charge in [0, 0.05) is 13.1 Å². The third-order valence-corrected chi connectivity index (χ3v) is 3.40. The molecule has 0 radical (unpaired) electrons. The molecule has 2 N–H and O–H groups in total. The van der Waals surface area contributed by atoms with Crippen LogP contribution in [0.25, 0.3) is 0 Å². The quantitative estimate of drug-likeness (QED) is 0.715. The third kappa shape index (κ3) is 6.13. The zero-order valence-electron chi connectivity index (χ0n) is 14.7. The van der Waals surface area contributed by atoms with Gasteiger partial charge in [0.2, 0.25) is 0 Å². The Bertz CT molecular complexity index is 666. The Labute approximate surface area is 147 Å². The molecule has 1 unspecified atom stereocenters. The van der Waals surface area contributed by atoms with Gasteiger partial charge in [-0.2, -0.15) is 0 Å². The van der Waals surface area contributed by atoms with Crippen molar-refractivity contribution in [2.45, 2.75) is 12.7 Å². The zero-order chi connectivity index (χ0) is 18.2. The number of hydrogen-bond donors (Lipinski definition) is 2. The highest BCUT2D eigenvalue weighted by Crippen LogP contribution is 2.18. The Morgan fingerprint density at radius 1 is 1.20 bits per heavy atom. The fourth-order valence-corrected chi connectivity index (χ4v) is 2.19. The molecule has 1 heterocycles. The van der Waals surface area contributed by atoms with Gasteiger partial charge in [0.25, 0.3) is 5.91 Å². The predicted octanol–water partition coefficient (Wildman–Crippen LogP) is 1.52. The summed E-state index contributed by atoms with van der Waals surface area (Å²) in [4.78, 5) is 13.9. The van der Waals surface area contributed by atoms with Crippen LogP contribution in [0.3, 0.4) is 0 Å². The van der Waals surface area contributed by atoms with Gasteiger partial charge in [-0.3, -0.25) is 4.79 Å². The lowest BCUT2D eigenvalue weighted by Crippen LogP contribution is -2.37. The van der Waals surface area contributed by atoms with Gasteiger partial charge in [-0.25, -0.2) is 0 Å². The number of rotatable bonds is 9. The zero-order valence-corrected chi connectivity index (χ0v) is 14.7. The fraction of sp³-hybridized carbons (Fsp3) is 0.389. The van der Waals surface area contributed by atoms with Crippen molar-refractivity contribution in [3.05, 3.63) is 47.9 Å². The average molecular weight is 348 g/mol. The molecule has 0 aliphatic rings. The van der Waals surface area contributed by atoms with Crippen molar-refractivity contribution in [1.29, 1.82) is 0 Å². The van der Waals surface area contributed by atoms with Crippen molar-refractivity contribution in [2.24, 2.45) is 0 Å². The van der Waals surface area contributed by atoms with E-state index in [0.29, 0.717) is 18.1 Å². The van der Waals surface area contributed by atoms with Gasteiger partial charge in [0.15, 0.2) is 5.76 Å². The average Bonchev–Trinajstić information content (AvgIpc) is 3.07. The van der Waals surface area contributed by atoms with Crippen LogP contribution in [-0.4, -0.2) is 56.3 Å². The van der Waals surface area contributed by atoms with Gasteiger partial charge in [-0.15, -0.1) is 0 Å². The third-order valence-electron chi connectivity index (χ3n) is 3.40. The van der Waals surface area contributed by atoms with E-state index >= 15 is 0 Å². The number of carbonyl (C=O) groups is 1. The second-order valence-electron chi connectivity index (χ2n) is 5.86. The van der Waals surface area contributed by atoms with E-state index < -0.39 is 6.10 Å². The number of aliphatic hydroxyl groups is 1. The summed E-state index contributed by atoms with van der Waals surface area (Å²) in [6, 6.07) is 10.5. The highest BCUT2D eigenvalue weighted by atomic mass is 16.5. The van der Waals surface area contributed by atoms with Crippen LogP contribution in [0.1, 0.15) is 16.3 Å². The molecule has 25 heavy (non-hydrogen) atoms. The number of likely N-dealkylation sites (N-methyl/N-ethyl adjacent to an activating group) is 1. The minimum absolute atomic E-state index is 0.162. The first kappa shape index (κ1) is 18.8. The van der Waals surface area contributed by atoms with E-state index in [1.165, 1.54) is 0 Å². The number of nitrogens with one attached hydrogen (secondary N) is 1. The molecule has 0 bridgehead atoms. The molecule has 1 aromatic carbocycles. The fourth-order valence-electron chi connectivity index (χ4n) is 2.19. The molecule has 0 spiro atoms. The van der Waals surface area contributed by atoms with Crippen LogP contribution in [0.4, 0.5) is 0 Å². The van der Waals surface area contributed by atoms with Crippen LogP contribution >= 0.6 is 0 Å². The summed E-state index contributed by atoms with van der Waals surface area (Å²) in [7, 11) is 5.31. The molecule has 0 aliphatic heterocycles. The van der Waals surface area contributed by atoms with Crippen molar-refractivity contribution < 1.29 is 23.8 Å². The van der Waals surface area contributed by atoms with Crippen molar-refractivity contribution in [3.8, 4) is 11.5 Å². The molecule has 1 atom stereocenters. The van der Waals surface area contributed by atoms with Gasteiger partial charge in [0.1, 0.15) is 23.9 Å². The number of nitrogens with zero attached hydrogens (tertiary/aromatic N) is 1. The number of ether oxygens (including phenoxy) is 2. The van der Waals surface area contributed by atoms with Crippen LogP contribution in [0.15, 0.2) is 40.8 Å². The highest BCUT2D eigenvalue weighted by molar-refractivity contribution is 5.91. The second kappa shape index (κ2) is 9.10. The number of hydrogen-bond acceptors (Lipinski definition) is 6. The first-order chi connectivity index (χ1) is 12.0. The van der Waals surface area contributed by atoms with Crippen LogP contribution in [0, 0.1) is 0 Å². The van der Waals surface area contributed by atoms with Gasteiger partial charge in [0.05, 0.1) is 13.2 Å². The smallest absolute Gasteiger partial charge is 0.287 e. The van der Waals surface area contributed by atoms with Crippen LogP contribution in [-0.2, 0) is 6.61 Å². The normalized spacial score (nSPS) is 12.0. The highest BCUT2D eigenvalue weighted by Gasteiger charge is 2.13. The molecule has 0 saturated heterocycles. The molecule has 0 fully saturated rings. The molecule has 7 heteroatoms. The Hall–Kier alpha value is -2.51. The first-order valence-corrected chi connectivity index (χ1v) is 7.94. The molecule has 136 valence electrons. The molecule has 1 aromatic heterocycles. The maximum Gasteiger partial charge on any atom is 0.287 e. The van der Waals surface area contributed by atoms with E-state index in [9.17, 15) is 9.90 Å². The van der Waals surface area contributed by atoms with Crippen LogP contribution < -0.4 is 14.8 Å². The number of amides is 1. The Kier molecular flexibility index (Phi) is 6.85. The Balaban J connectivity index is 1.81. The standard InChI is InChI=1S/C18H24N2O5/c1-20(2)11-13(21)10-19-18(22)17-9-8-16(25-17)12-24-15-6-4-14(23-3)5-7-15/h4-9,13,21H,10-12H2,1-3H3,(H,19,22). The lowest BCUT2D eigenvalue weighted by Gasteiger charge is -2.15. The maximum atomic E-state index is 12.0. The summed E-state index contributed by atoms with van der Waals surface area (Å²) in [5, 5.41) is 12.4. The SMILES string of the molecule is COc1ccc(OCc2ccc(C(=O)NCC(O)CN(C)C)o2)cc1. The predicted molar refractivity (Wildman–Crippen MR) is 92.9 cm³/mol. The van der Waals surface area contributed by atoms with E-state index in [1.54, 1.807) is 43.5 Å². The number of benzene rings is 1. The summed E-state index contributed by atoms with van der Waals surface area (Å²) in [6.45, 7) is 0.845. The van der Waals surface area contributed by atoms with E-state index in [0.717, 1.165) is 5.75 Å². The van der Waals surface area contributed by atoms with Crippen molar-refractivity contribution >= 4 is 5.91 Å². The molecule has 2 rings (SSSR count). The van der Waals surface area contributed by atoms with Gasteiger partial charge >= 0.3 is 0 Å². The largest absolute Gasteiger partial charge is 0.497 e. The molecule has 7 nitrogen and oxygen atoms in total. The summed E-state index contributed by atoms with van der Waals surface area (Å²) in [5.74, 6) is 1.78.